The van der Waals surface area contributed by atoms with E-state index in [-0.39, 0.29) is 5.97 Å². The highest BCUT2D eigenvalue weighted by molar-refractivity contribution is 5.75. The molecular formula is C13H19NO3. The average molecular weight is 237 g/mol. The first-order valence-corrected chi connectivity index (χ1v) is 5.77. The van der Waals surface area contributed by atoms with Gasteiger partial charge in [0.1, 0.15) is 5.75 Å². The lowest BCUT2D eigenvalue weighted by Crippen LogP contribution is -2.28. The van der Waals surface area contributed by atoms with Gasteiger partial charge in [0.2, 0.25) is 0 Å². The number of hydrogen-bond donors (Lipinski definition) is 1. The van der Waals surface area contributed by atoms with Gasteiger partial charge in [-0.25, -0.2) is 4.79 Å². The molecule has 4 nitrogen and oxygen atoms in total. The van der Waals surface area contributed by atoms with Crippen molar-refractivity contribution in [1.29, 1.82) is 0 Å². The molecule has 0 saturated heterocycles. The van der Waals surface area contributed by atoms with Gasteiger partial charge in [-0.05, 0) is 31.9 Å². The first-order chi connectivity index (χ1) is 8.08. The molecule has 2 N–H and O–H groups in total. The molecule has 17 heavy (non-hydrogen) atoms. The molecule has 0 heterocycles. The van der Waals surface area contributed by atoms with Gasteiger partial charge in [0.25, 0.3) is 0 Å². The molecule has 0 saturated carbocycles. The second-order valence-corrected chi connectivity index (χ2v) is 3.79. The van der Waals surface area contributed by atoms with Crippen LogP contribution in [0.4, 0.5) is 5.69 Å². The van der Waals surface area contributed by atoms with Crippen molar-refractivity contribution in [3.8, 4) is 5.75 Å². The van der Waals surface area contributed by atoms with E-state index in [2.05, 4.69) is 0 Å². The molecule has 1 unspecified atom stereocenters. The van der Waals surface area contributed by atoms with Gasteiger partial charge in [-0.1, -0.05) is 13.0 Å². The van der Waals surface area contributed by atoms with Crippen molar-refractivity contribution in [3.63, 3.8) is 0 Å². The molecule has 0 aromatic heterocycles. The largest absolute Gasteiger partial charge is 0.478 e. The van der Waals surface area contributed by atoms with Gasteiger partial charge in [0, 0.05) is 11.8 Å². The maximum Gasteiger partial charge on any atom is 0.347 e. The Kier molecular flexibility index (Phi) is 4.82. The Bertz CT molecular complexity index is 390. The van der Waals surface area contributed by atoms with E-state index in [1.165, 1.54) is 0 Å². The lowest BCUT2D eigenvalue weighted by atomic mass is 10.2. The van der Waals surface area contributed by atoms with Crippen LogP contribution in [0.3, 0.4) is 0 Å². The Hall–Kier alpha value is -1.71. The Morgan fingerprint density at radius 1 is 1.41 bits per heavy atom. The molecule has 0 radical (unpaired) electrons. The summed E-state index contributed by atoms with van der Waals surface area (Å²) >= 11 is 0. The minimum atomic E-state index is -0.574. The lowest BCUT2D eigenvalue weighted by molar-refractivity contribution is -0.151. The molecule has 1 aromatic rings. The van der Waals surface area contributed by atoms with Crippen LogP contribution in [0.15, 0.2) is 18.2 Å². The number of carbonyl (C=O) groups is 1. The van der Waals surface area contributed by atoms with Crippen LogP contribution in [0.5, 0.6) is 5.75 Å². The number of anilines is 1. The topological polar surface area (TPSA) is 61.5 Å². The molecule has 4 heteroatoms. The predicted molar refractivity (Wildman–Crippen MR) is 66.9 cm³/mol. The molecule has 0 aliphatic carbocycles. The molecule has 1 aromatic carbocycles. The smallest absolute Gasteiger partial charge is 0.347 e. The summed E-state index contributed by atoms with van der Waals surface area (Å²) in [5, 5.41) is 0. The molecule has 0 aliphatic rings. The molecule has 0 aliphatic heterocycles. The van der Waals surface area contributed by atoms with E-state index >= 15 is 0 Å². The highest BCUT2D eigenvalue weighted by Gasteiger charge is 2.20. The maximum atomic E-state index is 11.6. The fourth-order valence-electron chi connectivity index (χ4n) is 1.43. The van der Waals surface area contributed by atoms with Crippen molar-refractivity contribution in [2.75, 3.05) is 12.3 Å². The summed E-state index contributed by atoms with van der Waals surface area (Å²) in [6, 6.07) is 5.38. The van der Waals surface area contributed by atoms with E-state index < -0.39 is 6.10 Å². The van der Waals surface area contributed by atoms with Crippen LogP contribution in [-0.2, 0) is 9.53 Å². The Morgan fingerprint density at radius 2 is 2.12 bits per heavy atom. The number of ether oxygens (including phenoxy) is 2. The van der Waals surface area contributed by atoms with Crippen molar-refractivity contribution in [3.05, 3.63) is 23.8 Å². The van der Waals surface area contributed by atoms with Gasteiger partial charge in [-0.15, -0.1) is 0 Å². The van der Waals surface area contributed by atoms with Crippen LogP contribution in [0.25, 0.3) is 0 Å². The molecule has 0 spiro atoms. The van der Waals surface area contributed by atoms with E-state index in [4.69, 9.17) is 15.2 Å². The summed E-state index contributed by atoms with van der Waals surface area (Å²) in [4.78, 5) is 11.6. The fourth-order valence-corrected chi connectivity index (χ4v) is 1.43. The van der Waals surface area contributed by atoms with Crippen LogP contribution in [-0.4, -0.2) is 18.7 Å². The lowest BCUT2D eigenvalue weighted by Gasteiger charge is -2.17. The van der Waals surface area contributed by atoms with Gasteiger partial charge < -0.3 is 15.2 Å². The zero-order valence-electron chi connectivity index (χ0n) is 10.5. The van der Waals surface area contributed by atoms with Crippen LogP contribution < -0.4 is 10.5 Å². The molecule has 1 atom stereocenters. The van der Waals surface area contributed by atoms with Gasteiger partial charge in [0.05, 0.1) is 6.61 Å². The number of esters is 1. The SMILES string of the molecule is CCOC(=O)C(CC)Oc1cc(N)ccc1C. The van der Waals surface area contributed by atoms with E-state index in [1.54, 1.807) is 19.1 Å². The number of nitrogens with two attached hydrogens (primary N) is 1. The van der Waals surface area contributed by atoms with E-state index in [1.807, 2.05) is 19.9 Å². The van der Waals surface area contributed by atoms with Crippen molar-refractivity contribution < 1.29 is 14.3 Å². The summed E-state index contributed by atoms with van der Waals surface area (Å²) in [6.07, 6.45) is -0.0111. The van der Waals surface area contributed by atoms with Crippen molar-refractivity contribution in [2.24, 2.45) is 0 Å². The molecule has 94 valence electrons. The number of nitrogen functional groups attached to an aromatic ring is 1. The number of aryl methyl sites for hydroxylation is 1. The summed E-state index contributed by atoms with van der Waals surface area (Å²) in [5.74, 6) is 0.293. The van der Waals surface area contributed by atoms with Crippen LogP contribution >= 0.6 is 0 Å². The van der Waals surface area contributed by atoms with Gasteiger partial charge in [-0.2, -0.15) is 0 Å². The number of carbonyl (C=O) groups excluding carboxylic acids is 1. The number of hydrogen-bond acceptors (Lipinski definition) is 4. The minimum Gasteiger partial charge on any atom is -0.478 e. The molecule has 1 rings (SSSR count). The highest BCUT2D eigenvalue weighted by atomic mass is 16.6. The highest BCUT2D eigenvalue weighted by Crippen LogP contribution is 2.22. The normalized spacial score (nSPS) is 11.9. The summed E-state index contributed by atoms with van der Waals surface area (Å²) in [7, 11) is 0. The quantitative estimate of drug-likeness (QED) is 0.630. The molecule has 0 bridgehead atoms. The zero-order valence-corrected chi connectivity index (χ0v) is 10.5. The van der Waals surface area contributed by atoms with E-state index in [0.29, 0.717) is 24.5 Å². The van der Waals surface area contributed by atoms with Crippen molar-refractivity contribution in [1.82, 2.24) is 0 Å². The Morgan fingerprint density at radius 3 is 2.71 bits per heavy atom. The van der Waals surface area contributed by atoms with Gasteiger partial charge in [0.15, 0.2) is 6.10 Å². The van der Waals surface area contributed by atoms with E-state index in [0.717, 1.165) is 5.56 Å². The second-order valence-electron chi connectivity index (χ2n) is 3.79. The van der Waals surface area contributed by atoms with Crippen LogP contribution in [0.2, 0.25) is 0 Å². The summed E-state index contributed by atoms with van der Waals surface area (Å²) in [6.45, 7) is 5.92. The number of benzene rings is 1. The maximum absolute atomic E-state index is 11.6. The third kappa shape index (κ3) is 3.66. The van der Waals surface area contributed by atoms with Gasteiger partial charge in [-0.3, -0.25) is 0 Å². The zero-order chi connectivity index (χ0) is 12.8. The number of rotatable bonds is 5. The molecular weight excluding hydrogens is 218 g/mol. The molecule has 0 fully saturated rings. The van der Waals surface area contributed by atoms with Crippen molar-refractivity contribution >= 4 is 11.7 Å². The average Bonchev–Trinajstić information content (AvgIpc) is 2.30. The predicted octanol–water partition coefficient (Wildman–Crippen LogP) is 2.30. The fraction of sp³-hybridized carbons (Fsp3) is 0.462. The third-order valence-electron chi connectivity index (χ3n) is 2.40. The van der Waals surface area contributed by atoms with Crippen LogP contribution in [0, 0.1) is 6.92 Å². The monoisotopic (exact) mass is 237 g/mol. The van der Waals surface area contributed by atoms with E-state index in [9.17, 15) is 4.79 Å². The van der Waals surface area contributed by atoms with Crippen molar-refractivity contribution in [2.45, 2.75) is 33.3 Å². The first-order valence-electron chi connectivity index (χ1n) is 5.77. The summed E-state index contributed by atoms with van der Waals surface area (Å²) in [5.41, 5.74) is 7.24. The van der Waals surface area contributed by atoms with Gasteiger partial charge >= 0.3 is 5.97 Å². The minimum absolute atomic E-state index is 0.336. The second kappa shape index (κ2) is 6.13. The third-order valence-corrected chi connectivity index (χ3v) is 2.40. The standard InChI is InChI=1S/C13H19NO3/c1-4-11(13(15)16-5-2)17-12-8-10(14)7-6-9(12)3/h6-8,11H,4-5,14H2,1-3H3. The summed E-state index contributed by atoms with van der Waals surface area (Å²) < 4.78 is 10.6. The van der Waals surface area contributed by atoms with Crippen LogP contribution in [0.1, 0.15) is 25.8 Å². The first kappa shape index (κ1) is 13.4. The Labute approximate surface area is 102 Å². The molecule has 0 amide bonds. The Balaban J connectivity index is 2.80.